The highest BCUT2D eigenvalue weighted by atomic mass is 16.7. The van der Waals surface area contributed by atoms with Gasteiger partial charge in [0.15, 0.2) is 5.78 Å². The van der Waals surface area contributed by atoms with Crippen LogP contribution in [0.2, 0.25) is 0 Å². The molecule has 2 bridgehead atoms. The van der Waals surface area contributed by atoms with E-state index in [1.54, 1.807) is 7.11 Å². The van der Waals surface area contributed by atoms with Crippen LogP contribution in [0, 0.1) is 23.2 Å². The molecule has 4 fully saturated rings. The van der Waals surface area contributed by atoms with Crippen LogP contribution in [0.3, 0.4) is 0 Å². The van der Waals surface area contributed by atoms with Gasteiger partial charge in [0.05, 0.1) is 44.1 Å². The van der Waals surface area contributed by atoms with Gasteiger partial charge in [0, 0.05) is 20.0 Å². The Bertz CT molecular complexity index is 703. The molecule has 9 heteroatoms. The number of carbonyl (C=O) groups is 2. The van der Waals surface area contributed by atoms with E-state index in [9.17, 15) is 9.59 Å². The summed E-state index contributed by atoms with van der Waals surface area (Å²) in [6, 6.07) is 0. The number of hydrogen-bond acceptors (Lipinski definition) is 7. The number of ether oxygens (including phenoxy) is 3. The first-order valence-electron chi connectivity index (χ1n) is 12.9. The normalized spacial score (nSPS) is 30.1. The average Bonchev–Trinajstić information content (AvgIpc) is 3.13. The van der Waals surface area contributed by atoms with E-state index in [1.807, 2.05) is 0 Å². The Kier molecular flexibility index (Phi) is 9.60. The molecule has 3 aliphatic carbocycles. The lowest BCUT2D eigenvalue weighted by atomic mass is 9.43. The van der Waals surface area contributed by atoms with Gasteiger partial charge in [0.2, 0.25) is 5.91 Å². The molecule has 4 aliphatic rings. The van der Waals surface area contributed by atoms with Gasteiger partial charge < -0.3 is 28.8 Å². The number of nitrogens with one attached hydrogen (secondary N) is 1. The summed E-state index contributed by atoms with van der Waals surface area (Å²) < 4.78 is 28.5. The van der Waals surface area contributed by atoms with Gasteiger partial charge in [-0.2, -0.15) is 0 Å². The minimum absolute atomic E-state index is 0.0104. The molecule has 3 saturated carbocycles. The highest BCUT2D eigenvalue weighted by Gasteiger charge is 2.68. The average molecular weight is 481 g/mol. The fourth-order valence-corrected chi connectivity index (χ4v) is 5.97. The van der Waals surface area contributed by atoms with E-state index >= 15 is 0 Å². The predicted molar refractivity (Wildman–Crippen MR) is 129 cm³/mol. The van der Waals surface area contributed by atoms with Crippen LogP contribution in [0.1, 0.15) is 66.7 Å². The van der Waals surface area contributed by atoms with E-state index in [4.69, 9.17) is 23.5 Å². The lowest BCUT2D eigenvalue weighted by molar-refractivity contribution is -0.199. The van der Waals surface area contributed by atoms with E-state index < -0.39 is 7.12 Å². The molecule has 0 unspecified atom stereocenters. The number of carbonyl (C=O) groups excluding carboxylic acids is 2. The summed E-state index contributed by atoms with van der Waals surface area (Å²) in [7, 11) is 1.16. The minimum Gasteiger partial charge on any atom is -0.404 e. The first-order valence-corrected chi connectivity index (χ1v) is 12.9. The highest BCUT2D eigenvalue weighted by Crippen LogP contribution is 2.65. The molecule has 34 heavy (non-hydrogen) atoms. The quantitative estimate of drug-likeness (QED) is 0.284. The van der Waals surface area contributed by atoms with Gasteiger partial charge in [-0.25, -0.2) is 0 Å². The third-order valence-electron chi connectivity index (χ3n) is 8.07. The molecular weight excluding hydrogens is 437 g/mol. The summed E-state index contributed by atoms with van der Waals surface area (Å²) in [4.78, 5) is 24.8. The molecule has 1 aliphatic heterocycles. The molecule has 194 valence electrons. The smallest absolute Gasteiger partial charge is 0.404 e. The Morgan fingerprint density at radius 1 is 1.06 bits per heavy atom. The fraction of sp³-hybridized carbons (Fsp3) is 0.920. The molecule has 0 aromatic carbocycles. The molecule has 0 spiro atoms. The summed E-state index contributed by atoms with van der Waals surface area (Å²) in [5, 5.41) is 3.10. The van der Waals surface area contributed by atoms with Gasteiger partial charge in [0.25, 0.3) is 0 Å². The van der Waals surface area contributed by atoms with E-state index in [2.05, 4.69) is 39.9 Å². The van der Waals surface area contributed by atoms with Crippen molar-refractivity contribution in [3.8, 4) is 0 Å². The first-order chi connectivity index (χ1) is 16.1. The van der Waals surface area contributed by atoms with Crippen molar-refractivity contribution < 1.29 is 33.1 Å². The summed E-state index contributed by atoms with van der Waals surface area (Å²) in [5.74, 6) is 1.05. The summed E-state index contributed by atoms with van der Waals surface area (Å²) in [6.45, 7) is 12.9. The van der Waals surface area contributed by atoms with Gasteiger partial charge in [-0.1, -0.05) is 27.7 Å². The largest absolute Gasteiger partial charge is 0.481 e. The molecule has 0 aromatic rings. The van der Waals surface area contributed by atoms with E-state index in [0.29, 0.717) is 44.2 Å². The van der Waals surface area contributed by atoms with Gasteiger partial charge in [-0.05, 0) is 49.4 Å². The molecule has 1 heterocycles. The van der Waals surface area contributed by atoms with Crippen LogP contribution in [0.4, 0.5) is 0 Å². The molecule has 1 N–H and O–H groups in total. The molecule has 0 radical (unpaired) electrons. The van der Waals surface area contributed by atoms with Gasteiger partial charge in [-0.15, -0.1) is 0 Å². The van der Waals surface area contributed by atoms with E-state index in [0.717, 1.165) is 12.8 Å². The molecule has 1 amide bonds. The maximum Gasteiger partial charge on any atom is 0.481 e. The highest BCUT2D eigenvalue weighted by molar-refractivity contribution is 6.47. The number of amides is 1. The second kappa shape index (κ2) is 11.8. The summed E-state index contributed by atoms with van der Waals surface area (Å²) in [6.07, 6.45) is 3.34. The zero-order chi connectivity index (χ0) is 24.9. The fourth-order valence-electron chi connectivity index (χ4n) is 5.97. The molecule has 8 nitrogen and oxygen atoms in total. The van der Waals surface area contributed by atoms with Crippen molar-refractivity contribution in [1.29, 1.82) is 0 Å². The van der Waals surface area contributed by atoms with Crippen molar-refractivity contribution in [1.82, 2.24) is 5.32 Å². The molecule has 4 rings (SSSR count). The number of hydrogen-bond donors (Lipinski definition) is 1. The Hall–Kier alpha value is -0.995. The third kappa shape index (κ3) is 6.41. The van der Waals surface area contributed by atoms with Crippen LogP contribution in [0.25, 0.3) is 0 Å². The molecule has 5 atom stereocenters. The summed E-state index contributed by atoms with van der Waals surface area (Å²) >= 11 is 0. The monoisotopic (exact) mass is 481 g/mol. The van der Waals surface area contributed by atoms with Gasteiger partial charge in [-0.3, -0.25) is 9.59 Å². The Morgan fingerprint density at radius 3 is 2.44 bits per heavy atom. The topological polar surface area (TPSA) is 92.3 Å². The van der Waals surface area contributed by atoms with Crippen LogP contribution >= 0.6 is 0 Å². The van der Waals surface area contributed by atoms with Crippen molar-refractivity contribution in [3.05, 3.63) is 0 Å². The van der Waals surface area contributed by atoms with Crippen molar-refractivity contribution in [2.24, 2.45) is 23.2 Å². The van der Waals surface area contributed by atoms with Crippen molar-refractivity contribution in [3.63, 3.8) is 0 Å². The SMILES string of the molecule is COCCOCCOCC(=O)CCC(=O)N[C@@H](CC(C)C)B1O[C@@H]2C[C@@H]3C[C@@H](C3(C)C)[C@]2(C)O1. The Morgan fingerprint density at radius 2 is 1.76 bits per heavy atom. The number of Topliss-reactive ketones (excluding diaryl/α,β-unsaturated/α-hetero) is 1. The van der Waals surface area contributed by atoms with Crippen LogP contribution in [0.15, 0.2) is 0 Å². The molecule has 1 saturated heterocycles. The number of methoxy groups -OCH3 is 1. The first kappa shape index (κ1) is 27.6. The lowest BCUT2D eigenvalue weighted by Crippen LogP contribution is -2.65. The zero-order valence-electron chi connectivity index (χ0n) is 21.9. The number of ketones is 1. The van der Waals surface area contributed by atoms with Crippen LogP contribution in [-0.4, -0.2) is 76.6 Å². The van der Waals surface area contributed by atoms with Crippen molar-refractivity contribution >= 4 is 18.8 Å². The zero-order valence-corrected chi connectivity index (χ0v) is 21.9. The third-order valence-corrected chi connectivity index (χ3v) is 8.07. The second-order valence-electron chi connectivity index (χ2n) is 11.3. The van der Waals surface area contributed by atoms with E-state index in [-0.39, 0.29) is 54.2 Å². The van der Waals surface area contributed by atoms with Gasteiger partial charge >= 0.3 is 7.12 Å². The molecule has 0 aromatic heterocycles. The maximum absolute atomic E-state index is 12.7. The van der Waals surface area contributed by atoms with E-state index in [1.165, 1.54) is 6.42 Å². The molecular formula is C25H44BNO7. The predicted octanol–water partition coefficient (Wildman–Crippen LogP) is 2.81. The second-order valence-corrected chi connectivity index (χ2v) is 11.3. The van der Waals surface area contributed by atoms with Crippen molar-refractivity contribution in [2.75, 3.05) is 40.1 Å². The Balaban J connectivity index is 1.43. The minimum atomic E-state index is -0.450. The standard InChI is InChI=1S/C25H44BNO7/c1-17(2)13-22(26-33-21-15-18-14-20(24(18,3)4)25(21,5)34-26)27-23(29)8-7-19(28)16-32-12-11-31-10-9-30-6/h17-18,20-22H,7-16H2,1-6H3,(H,27,29)/t18-,20-,21+,22-,25-/m0/s1. The summed E-state index contributed by atoms with van der Waals surface area (Å²) in [5.41, 5.74) is -0.0256. The van der Waals surface area contributed by atoms with Crippen LogP contribution < -0.4 is 5.32 Å². The van der Waals surface area contributed by atoms with Crippen LogP contribution in [0.5, 0.6) is 0 Å². The number of rotatable bonds is 15. The van der Waals surface area contributed by atoms with Crippen LogP contribution in [-0.2, 0) is 33.1 Å². The maximum atomic E-state index is 12.7. The van der Waals surface area contributed by atoms with Gasteiger partial charge in [0.1, 0.15) is 6.61 Å². The Labute approximate surface area is 205 Å². The van der Waals surface area contributed by atoms with Crippen molar-refractivity contribution in [2.45, 2.75) is 84.4 Å². The lowest BCUT2D eigenvalue weighted by Gasteiger charge is -2.64.